The molecule has 0 spiro atoms. The fourth-order valence-corrected chi connectivity index (χ4v) is 2.49. The summed E-state index contributed by atoms with van der Waals surface area (Å²) in [7, 11) is 0. The number of amides is 1. The Kier molecular flexibility index (Phi) is 5.89. The van der Waals surface area contributed by atoms with Gasteiger partial charge in [0.1, 0.15) is 5.75 Å². The van der Waals surface area contributed by atoms with Gasteiger partial charge in [-0.25, -0.2) is 0 Å². The quantitative estimate of drug-likeness (QED) is 0.779. The second kappa shape index (κ2) is 7.73. The summed E-state index contributed by atoms with van der Waals surface area (Å²) in [5.74, 6) is 1.02. The van der Waals surface area contributed by atoms with Gasteiger partial charge < -0.3 is 10.1 Å². The van der Waals surface area contributed by atoms with E-state index in [2.05, 4.69) is 39.9 Å². The molecule has 1 atom stereocenters. The molecular weight excluding hydrogens is 310 g/mol. The van der Waals surface area contributed by atoms with Gasteiger partial charge in [0.2, 0.25) is 0 Å². The van der Waals surface area contributed by atoms with Crippen LogP contribution in [0.2, 0.25) is 0 Å². The maximum Gasteiger partial charge on any atom is 0.265 e. The van der Waals surface area contributed by atoms with Crippen molar-refractivity contribution in [1.29, 1.82) is 0 Å². The largest absolute Gasteiger partial charge is 0.481 e. The van der Waals surface area contributed by atoms with Crippen molar-refractivity contribution >= 4 is 11.6 Å². The molecular formula is C22H29NO2. The molecule has 1 amide bonds. The number of carbonyl (C=O) groups is 1. The Balaban J connectivity index is 1.95. The molecule has 2 rings (SSSR count). The zero-order chi connectivity index (χ0) is 18.6. The molecule has 134 valence electrons. The Morgan fingerprint density at radius 3 is 1.96 bits per heavy atom. The van der Waals surface area contributed by atoms with Gasteiger partial charge in [-0.15, -0.1) is 0 Å². The lowest BCUT2D eigenvalue weighted by molar-refractivity contribution is -0.122. The van der Waals surface area contributed by atoms with Crippen molar-refractivity contribution in [3.8, 4) is 5.75 Å². The Bertz CT molecular complexity index is 694. The highest BCUT2D eigenvalue weighted by molar-refractivity contribution is 5.94. The van der Waals surface area contributed by atoms with E-state index in [9.17, 15) is 4.79 Å². The van der Waals surface area contributed by atoms with Crippen LogP contribution in [0.5, 0.6) is 5.75 Å². The van der Waals surface area contributed by atoms with Crippen LogP contribution in [0.15, 0.2) is 48.5 Å². The summed E-state index contributed by atoms with van der Waals surface area (Å²) in [5, 5.41) is 2.90. The fourth-order valence-electron chi connectivity index (χ4n) is 2.49. The minimum absolute atomic E-state index is 0.101. The summed E-state index contributed by atoms with van der Waals surface area (Å²) in [6.07, 6.45) is -0.565. The molecule has 0 unspecified atom stereocenters. The van der Waals surface area contributed by atoms with Gasteiger partial charge in [0, 0.05) is 5.69 Å². The zero-order valence-electron chi connectivity index (χ0n) is 16.1. The fraction of sp³-hybridized carbons (Fsp3) is 0.409. The van der Waals surface area contributed by atoms with E-state index in [1.807, 2.05) is 48.5 Å². The molecule has 0 saturated heterocycles. The molecule has 0 aromatic heterocycles. The minimum atomic E-state index is -0.565. The molecule has 3 nitrogen and oxygen atoms in total. The summed E-state index contributed by atoms with van der Waals surface area (Å²) < 4.78 is 5.77. The molecule has 2 aromatic carbocycles. The second-order valence-corrected chi connectivity index (χ2v) is 7.80. The standard InChI is InChI=1S/C22H29NO2/c1-15(2)17-7-11-19(12-8-17)23-21(24)16(3)25-20-13-9-18(10-14-20)22(4,5)6/h7-16H,1-6H3,(H,23,24)/t16-/m0/s1. The third-order valence-corrected chi connectivity index (χ3v) is 4.25. The molecule has 3 heteroatoms. The molecule has 2 aromatic rings. The van der Waals surface area contributed by atoms with Gasteiger partial charge in [0.05, 0.1) is 0 Å². The van der Waals surface area contributed by atoms with E-state index in [-0.39, 0.29) is 11.3 Å². The summed E-state index contributed by atoms with van der Waals surface area (Å²) in [6.45, 7) is 12.6. The van der Waals surface area contributed by atoms with Crippen LogP contribution in [0.25, 0.3) is 0 Å². The smallest absolute Gasteiger partial charge is 0.265 e. The number of hydrogen-bond acceptors (Lipinski definition) is 2. The van der Waals surface area contributed by atoms with Gasteiger partial charge in [-0.2, -0.15) is 0 Å². The van der Waals surface area contributed by atoms with Crippen molar-refractivity contribution in [2.45, 2.75) is 59.0 Å². The van der Waals surface area contributed by atoms with Crippen molar-refractivity contribution in [3.05, 3.63) is 59.7 Å². The number of carbonyl (C=O) groups excluding carboxylic acids is 1. The maximum atomic E-state index is 12.3. The van der Waals surface area contributed by atoms with E-state index in [4.69, 9.17) is 4.74 Å². The minimum Gasteiger partial charge on any atom is -0.481 e. The first-order valence-electron chi connectivity index (χ1n) is 8.85. The predicted octanol–water partition coefficient (Wildman–Crippen LogP) is 5.51. The van der Waals surface area contributed by atoms with Gasteiger partial charge in [-0.3, -0.25) is 4.79 Å². The van der Waals surface area contributed by atoms with Crippen LogP contribution in [0, 0.1) is 0 Å². The van der Waals surface area contributed by atoms with E-state index in [1.165, 1.54) is 11.1 Å². The van der Waals surface area contributed by atoms with Gasteiger partial charge in [-0.05, 0) is 53.6 Å². The molecule has 25 heavy (non-hydrogen) atoms. The lowest BCUT2D eigenvalue weighted by atomic mass is 9.87. The second-order valence-electron chi connectivity index (χ2n) is 7.80. The topological polar surface area (TPSA) is 38.3 Å². The highest BCUT2D eigenvalue weighted by Gasteiger charge is 2.17. The lowest BCUT2D eigenvalue weighted by Gasteiger charge is -2.20. The summed E-state index contributed by atoms with van der Waals surface area (Å²) >= 11 is 0. The van der Waals surface area contributed by atoms with E-state index in [0.717, 1.165) is 5.69 Å². The van der Waals surface area contributed by atoms with Crippen LogP contribution in [0.4, 0.5) is 5.69 Å². The van der Waals surface area contributed by atoms with Crippen molar-refractivity contribution < 1.29 is 9.53 Å². The number of benzene rings is 2. The monoisotopic (exact) mass is 339 g/mol. The van der Waals surface area contributed by atoms with Gasteiger partial charge >= 0.3 is 0 Å². The average Bonchev–Trinajstić information content (AvgIpc) is 2.55. The van der Waals surface area contributed by atoms with E-state index >= 15 is 0 Å². The SMILES string of the molecule is CC(C)c1ccc(NC(=O)[C@H](C)Oc2ccc(C(C)(C)C)cc2)cc1. The number of nitrogens with one attached hydrogen (secondary N) is 1. The highest BCUT2D eigenvalue weighted by Crippen LogP contribution is 2.25. The van der Waals surface area contributed by atoms with E-state index < -0.39 is 6.10 Å². The number of anilines is 1. The lowest BCUT2D eigenvalue weighted by Crippen LogP contribution is -2.30. The average molecular weight is 339 g/mol. The molecule has 1 N–H and O–H groups in total. The van der Waals surface area contributed by atoms with Crippen LogP contribution in [0.1, 0.15) is 58.6 Å². The van der Waals surface area contributed by atoms with Gasteiger partial charge in [-0.1, -0.05) is 58.9 Å². The Labute approximate surface area is 151 Å². The molecule has 0 bridgehead atoms. The van der Waals surface area contributed by atoms with Crippen molar-refractivity contribution in [1.82, 2.24) is 0 Å². The molecule has 0 aliphatic rings. The first-order valence-corrected chi connectivity index (χ1v) is 8.85. The maximum absolute atomic E-state index is 12.3. The number of ether oxygens (including phenoxy) is 1. The highest BCUT2D eigenvalue weighted by atomic mass is 16.5. The van der Waals surface area contributed by atoms with E-state index in [1.54, 1.807) is 6.92 Å². The predicted molar refractivity (Wildman–Crippen MR) is 104 cm³/mol. The molecule has 0 heterocycles. The van der Waals surface area contributed by atoms with Gasteiger partial charge in [0.25, 0.3) is 5.91 Å². The first-order chi connectivity index (χ1) is 11.7. The summed E-state index contributed by atoms with van der Waals surface area (Å²) in [5.41, 5.74) is 3.38. The van der Waals surface area contributed by atoms with Crippen molar-refractivity contribution in [2.24, 2.45) is 0 Å². The molecule has 0 radical (unpaired) electrons. The Hall–Kier alpha value is -2.29. The van der Waals surface area contributed by atoms with Crippen molar-refractivity contribution in [3.63, 3.8) is 0 Å². The van der Waals surface area contributed by atoms with Gasteiger partial charge in [0.15, 0.2) is 6.10 Å². The first kappa shape index (κ1) is 19.0. The number of hydrogen-bond donors (Lipinski definition) is 1. The Morgan fingerprint density at radius 1 is 0.920 bits per heavy atom. The van der Waals surface area contributed by atoms with Crippen LogP contribution >= 0.6 is 0 Å². The van der Waals surface area contributed by atoms with Crippen LogP contribution < -0.4 is 10.1 Å². The van der Waals surface area contributed by atoms with E-state index in [0.29, 0.717) is 11.7 Å². The molecule has 0 fully saturated rings. The molecule has 0 saturated carbocycles. The van der Waals surface area contributed by atoms with Crippen LogP contribution in [-0.4, -0.2) is 12.0 Å². The zero-order valence-corrected chi connectivity index (χ0v) is 16.1. The summed E-state index contributed by atoms with van der Waals surface area (Å²) in [4.78, 5) is 12.3. The number of rotatable bonds is 5. The third kappa shape index (κ3) is 5.35. The van der Waals surface area contributed by atoms with Crippen LogP contribution in [-0.2, 0) is 10.2 Å². The normalized spacial score (nSPS) is 12.8. The third-order valence-electron chi connectivity index (χ3n) is 4.25. The Morgan fingerprint density at radius 2 is 1.48 bits per heavy atom. The van der Waals surface area contributed by atoms with Crippen molar-refractivity contribution in [2.75, 3.05) is 5.32 Å². The van der Waals surface area contributed by atoms with Crippen LogP contribution in [0.3, 0.4) is 0 Å². The summed E-state index contributed by atoms with van der Waals surface area (Å²) in [6, 6.07) is 15.9. The molecule has 0 aliphatic heterocycles. The molecule has 0 aliphatic carbocycles.